The number of ether oxygens (including phenoxy) is 2. The number of aromatic hydroxyl groups is 1. The first kappa shape index (κ1) is 30.9. The molecule has 3 aromatic carbocycles. The van der Waals surface area contributed by atoms with E-state index in [9.17, 15) is 5.11 Å². The van der Waals surface area contributed by atoms with Crippen molar-refractivity contribution in [2.45, 2.75) is 6.92 Å². The van der Waals surface area contributed by atoms with E-state index in [2.05, 4.69) is 25.1 Å². The number of phenolic OH excluding ortho intramolecular Hbond substituents is 1. The third kappa shape index (κ3) is 8.34. The van der Waals surface area contributed by atoms with Crippen molar-refractivity contribution in [1.82, 2.24) is 19.7 Å². The molecule has 11 nitrogen and oxygen atoms in total. The highest BCUT2D eigenvalue weighted by molar-refractivity contribution is 5.97. The van der Waals surface area contributed by atoms with Gasteiger partial charge in [0.15, 0.2) is 0 Å². The number of para-hydroxylation sites is 1. The van der Waals surface area contributed by atoms with Crippen LogP contribution in [0.2, 0.25) is 0 Å². The number of benzene rings is 3. The number of nitrogen functional groups attached to an aromatic ring is 2. The Labute approximate surface area is 233 Å². The van der Waals surface area contributed by atoms with Gasteiger partial charge < -0.3 is 31.4 Å². The zero-order valence-corrected chi connectivity index (χ0v) is 23.2. The van der Waals surface area contributed by atoms with E-state index < -0.39 is 0 Å². The number of aromatic nitrogens is 4. The van der Waals surface area contributed by atoms with Crippen molar-refractivity contribution in [2.24, 2.45) is 0 Å². The number of hydrogen-bond donors (Lipinski definition) is 4. The summed E-state index contributed by atoms with van der Waals surface area (Å²) in [5.41, 5.74) is 14.1. The van der Waals surface area contributed by atoms with E-state index in [1.807, 2.05) is 74.6 Å². The Morgan fingerprint density at radius 1 is 0.975 bits per heavy atom. The summed E-state index contributed by atoms with van der Waals surface area (Å²) in [6.07, 6.45) is 4.54. The fraction of sp³-hybridized carbons (Fsp3) is 0.172. The van der Waals surface area contributed by atoms with Crippen molar-refractivity contribution in [3.05, 3.63) is 90.4 Å². The van der Waals surface area contributed by atoms with Crippen LogP contribution in [0.3, 0.4) is 0 Å². The number of methoxy groups -OCH3 is 2. The number of nitrogens with zero attached hydrogens (tertiary/aromatic N) is 5. The summed E-state index contributed by atoms with van der Waals surface area (Å²) in [5.74, 6) is 1.55. The van der Waals surface area contributed by atoms with Gasteiger partial charge in [0.25, 0.3) is 5.95 Å². The number of phenols is 1. The molecule has 0 unspecified atom stereocenters. The minimum atomic E-state index is 0.160. The van der Waals surface area contributed by atoms with E-state index in [4.69, 9.17) is 21.5 Å². The Morgan fingerprint density at radius 3 is 2.15 bits per heavy atom. The van der Waals surface area contributed by atoms with Crippen LogP contribution in [0.25, 0.3) is 16.7 Å². The Bertz CT molecular complexity index is 1520. The first-order valence-corrected chi connectivity index (χ1v) is 12.0. The van der Waals surface area contributed by atoms with E-state index in [1.54, 1.807) is 39.8 Å². The van der Waals surface area contributed by atoms with Crippen molar-refractivity contribution < 1.29 is 14.6 Å². The number of fused-ring (bicyclic) bond motifs is 1. The molecule has 5 rings (SSSR count). The fourth-order valence-electron chi connectivity index (χ4n) is 3.28. The first-order valence-electron chi connectivity index (χ1n) is 12.0. The molecule has 40 heavy (non-hydrogen) atoms. The van der Waals surface area contributed by atoms with E-state index in [-0.39, 0.29) is 11.6 Å². The number of nitrogens with one attached hydrogen (secondary N) is 1. The highest BCUT2D eigenvalue weighted by Gasteiger charge is 2.09. The van der Waals surface area contributed by atoms with E-state index in [0.717, 1.165) is 27.8 Å². The molecule has 2 heterocycles. The van der Waals surface area contributed by atoms with Gasteiger partial charge in [0.05, 0.1) is 19.0 Å². The van der Waals surface area contributed by atoms with Crippen LogP contribution in [-0.2, 0) is 4.74 Å². The number of rotatable bonds is 3. The molecule has 5 aromatic rings. The van der Waals surface area contributed by atoms with Gasteiger partial charge in [-0.05, 0) is 60.3 Å². The topological polar surface area (TPSA) is 170 Å². The summed E-state index contributed by atoms with van der Waals surface area (Å²) in [6, 6.07) is 21.1. The molecular formula is C29H34N8O3. The van der Waals surface area contributed by atoms with Gasteiger partial charge in [-0.2, -0.15) is 15.0 Å². The first-order chi connectivity index (χ1) is 19.3. The average molecular weight is 543 g/mol. The van der Waals surface area contributed by atoms with Gasteiger partial charge in [0.1, 0.15) is 28.9 Å². The number of hydrogen-bond acceptors (Lipinski definition) is 10. The fourth-order valence-corrected chi connectivity index (χ4v) is 3.28. The highest BCUT2D eigenvalue weighted by atomic mass is 16.5. The Morgan fingerprint density at radius 2 is 1.62 bits per heavy atom. The van der Waals surface area contributed by atoms with Crippen molar-refractivity contribution in [3.8, 4) is 23.5 Å². The second-order valence-corrected chi connectivity index (χ2v) is 8.08. The largest absolute Gasteiger partial charge is 0.505 e. The minimum Gasteiger partial charge on any atom is -0.505 e. The van der Waals surface area contributed by atoms with Crippen molar-refractivity contribution in [3.63, 3.8) is 0 Å². The van der Waals surface area contributed by atoms with E-state index in [0.29, 0.717) is 17.2 Å². The summed E-state index contributed by atoms with van der Waals surface area (Å²) in [6.45, 7) is 1.82. The molecule has 11 heteroatoms. The van der Waals surface area contributed by atoms with Crippen LogP contribution in [0.5, 0.6) is 11.5 Å². The van der Waals surface area contributed by atoms with Crippen molar-refractivity contribution >= 4 is 28.0 Å². The lowest BCUT2D eigenvalue weighted by Gasteiger charge is -2.09. The van der Waals surface area contributed by atoms with Crippen LogP contribution in [0.15, 0.2) is 79.3 Å². The summed E-state index contributed by atoms with van der Waals surface area (Å²) >= 11 is 0. The highest BCUT2D eigenvalue weighted by Crippen LogP contribution is 2.34. The van der Waals surface area contributed by atoms with Gasteiger partial charge in [-0.15, -0.1) is 0 Å². The van der Waals surface area contributed by atoms with Gasteiger partial charge in [-0.1, -0.05) is 18.2 Å². The van der Waals surface area contributed by atoms with Crippen LogP contribution < -0.4 is 21.5 Å². The molecule has 0 aliphatic carbocycles. The van der Waals surface area contributed by atoms with Crippen molar-refractivity contribution in [1.29, 1.82) is 5.26 Å². The lowest BCUT2D eigenvalue weighted by Crippen LogP contribution is -2.06. The zero-order valence-electron chi connectivity index (χ0n) is 23.2. The standard InChI is InChI=1S/C12H13NO2.C8H6N6.C7H9N.C2H6O/c1-7-5-8-6-9(15-2)3-4-10(8)11(13)12(7)14;9-4-6-5-13-14(7(6)10)8-11-2-1-3-12-8;1-8-7-5-3-2-4-6-7;1-3-2/h3-6,14H,13H2,1-2H3;1-3,5H,10H2;2-6,8H,1H3;1-2H3. The molecule has 0 radical (unpaired) electrons. The second-order valence-electron chi connectivity index (χ2n) is 8.08. The van der Waals surface area contributed by atoms with Crippen LogP contribution in [-0.4, -0.2) is 53.2 Å². The number of anilines is 3. The van der Waals surface area contributed by atoms with Gasteiger partial charge in [0, 0.05) is 44.7 Å². The maximum absolute atomic E-state index is 9.67. The maximum atomic E-state index is 9.67. The number of nitriles is 1. The summed E-state index contributed by atoms with van der Waals surface area (Å²) in [4.78, 5) is 7.91. The Hall–Kier alpha value is -5.34. The molecule has 0 bridgehead atoms. The number of nitrogens with two attached hydrogens (primary N) is 2. The molecule has 0 saturated carbocycles. The summed E-state index contributed by atoms with van der Waals surface area (Å²) < 4.78 is 10.7. The smallest absolute Gasteiger partial charge is 0.252 e. The summed E-state index contributed by atoms with van der Waals surface area (Å²) in [5, 5.41) is 27.1. The molecule has 2 aromatic heterocycles. The molecule has 0 aliphatic rings. The average Bonchev–Trinajstić information content (AvgIpc) is 3.37. The van der Waals surface area contributed by atoms with Crippen LogP contribution >= 0.6 is 0 Å². The molecule has 0 fully saturated rings. The van der Waals surface area contributed by atoms with Gasteiger partial charge in [0.2, 0.25) is 0 Å². The van der Waals surface area contributed by atoms with Crippen molar-refractivity contribution in [2.75, 3.05) is 45.2 Å². The molecule has 0 aliphatic heterocycles. The zero-order chi connectivity index (χ0) is 29.5. The summed E-state index contributed by atoms with van der Waals surface area (Å²) in [7, 11) is 6.78. The van der Waals surface area contributed by atoms with Gasteiger partial charge >= 0.3 is 0 Å². The minimum absolute atomic E-state index is 0.160. The molecule has 208 valence electrons. The lowest BCUT2D eigenvalue weighted by atomic mass is 10.0. The van der Waals surface area contributed by atoms with Gasteiger partial charge in [-0.3, -0.25) is 0 Å². The molecule has 6 N–H and O–H groups in total. The molecule has 0 spiro atoms. The quantitative estimate of drug-likeness (QED) is 0.187. The normalized spacial score (nSPS) is 9.50. The molecule has 0 amide bonds. The van der Waals surface area contributed by atoms with Gasteiger partial charge in [-0.25, -0.2) is 9.97 Å². The lowest BCUT2D eigenvalue weighted by molar-refractivity contribution is 0.277. The predicted octanol–water partition coefficient (Wildman–Crippen LogP) is 4.55. The monoisotopic (exact) mass is 542 g/mol. The number of aryl methyl sites for hydroxylation is 1. The SMILES string of the molecule is CNc1ccccc1.COC.COc1ccc2c(N)c(O)c(C)cc2c1.N#Cc1cnn(-c2ncccn2)c1N. The maximum Gasteiger partial charge on any atom is 0.252 e. The third-order valence-electron chi connectivity index (χ3n) is 5.28. The predicted molar refractivity (Wildman–Crippen MR) is 159 cm³/mol. The van der Waals surface area contributed by atoms with Crippen LogP contribution in [0.4, 0.5) is 17.2 Å². The van der Waals surface area contributed by atoms with E-state index >= 15 is 0 Å². The van der Waals surface area contributed by atoms with E-state index in [1.165, 1.54) is 10.9 Å². The Balaban J connectivity index is 0.000000208. The molecule has 0 saturated heterocycles. The Kier molecular flexibility index (Phi) is 12.2. The van der Waals surface area contributed by atoms with Crippen LogP contribution in [0, 0.1) is 18.3 Å². The molecule has 0 atom stereocenters. The second kappa shape index (κ2) is 15.8. The molecular weight excluding hydrogens is 508 g/mol. The third-order valence-corrected chi connectivity index (χ3v) is 5.28. The van der Waals surface area contributed by atoms with Crippen LogP contribution in [0.1, 0.15) is 11.1 Å².